The fourth-order valence-corrected chi connectivity index (χ4v) is 5.58. The van der Waals surface area contributed by atoms with Crippen LogP contribution in [0.1, 0.15) is 22.3 Å². The molecule has 0 amide bonds. The third-order valence-electron chi connectivity index (χ3n) is 7.64. The lowest BCUT2D eigenvalue weighted by molar-refractivity contribution is 0.0211. The number of ether oxygens (including phenoxy) is 4. The van der Waals surface area contributed by atoms with Crippen LogP contribution in [0.4, 0.5) is 5.69 Å². The Kier molecular flexibility index (Phi) is 14.6. The van der Waals surface area contributed by atoms with Crippen LogP contribution in [-0.4, -0.2) is 92.0 Å². The van der Waals surface area contributed by atoms with Crippen LogP contribution < -0.4 is 4.90 Å². The van der Waals surface area contributed by atoms with E-state index in [-0.39, 0.29) is 0 Å². The maximum absolute atomic E-state index is 9.08. The highest BCUT2D eigenvalue weighted by Crippen LogP contribution is 2.28. The van der Waals surface area contributed by atoms with Crippen molar-refractivity contribution in [3.63, 3.8) is 0 Å². The van der Waals surface area contributed by atoms with Crippen LogP contribution in [0.5, 0.6) is 0 Å². The van der Waals surface area contributed by atoms with Crippen molar-refractivity contribution in [2.75, 3.05) is 83.9 Å². The van der Waals surface area contributed by atoms with Gasteiger partial charge in [0.2, 0.25) is 0 Å². The summed E-state index contributed by atoms with van der Waals surface area (Å²) in [5, 5.41) is 9.08. The second-order valence-electron chi connectivity index (χ2n) is 12.5. The van der Waals surface area contributed by atoms with Crippen LogP contribution in [0.2, 0.25) is 19.6 Å². The Bertz CT molecular complexity index is 1520. The van der Waals surface area contributed by atoms with Crippen molar-refractivity contribution in [2.45, 2.75) is 26.2 Å². The van der Waals surface area contributed by atoms with Gasteiger partial charge in [-0.3, -0.25) is 4.90 Å². The molecular formula is C39H47N3O4Si. The Morgan fingerprint density at radius 2 is 1.21 bits per heavy atom. The van der Waals surface area contributed by atoms with Gasteiger partial charge in [0.1, 0.15) is 8.07 Å². The number of hydrogen-bond acceptors (Lipinski definition) is 7. The topological polar surface area (TPSA) is 67.2 Å². The lowest BCUT2D eigenvalue weighted by Gasteiger charge is -2.27. The molecule has 0 unspecified atom stereocenters. The van der Waals surface area contributed by atoms with Crippen molar-refractivity contribution < 1.29 is 18.9 Å². The second-order valence-corrected chi connectivity index (χ2v) is 17.2. The summed E-state index contributed by atoms with van der Waals surface area (Å²) in [5.74, 6) is 6.23. The van der Waals surface area contributed by atoms with E-state index < -0.39 is 8.07 Å². The molecule has 0 atom stereocenters. The summed E-state index contributed by atoms with van der Waals surface area (Å²) in [6.45, 7) is 14.8. The molecule has 47 heavy (non-hydrogen) atoms. The molecule has 1 heterocycles. The molecule has 0 bridgehead atoms. The second kappa shape index (κ2) is 19.0. The molecule has 0 spiro atoms. The van der Waals surface area contributed by atoms with Crippen molar-refractivity contribution in [3.05, 3.63) is 89.0 Å². The van der Waals surface area contributed by atoms with E-state index in [1.165, 1.54) is 0 Å². The molecule has 0 N–H and O–H groups in total. The minimum Gasteiger partial charge on any atom is -0.378 e. The molecule has 0 saturated carbocycles. The average Bonchev–Trinajstić information content (AvgIpc) is 3.08. The van der Waals surface area contributed by atoms with Gasteiger partial charge in [0.05, 0.1) is 70.2 Å². The van der Waals surface area contributed by atoms with E-state index in [1.54, 1.807) is 0 Å². The number of hydrogen-bond donors (Lipinski definition) is 0. The number of benzene rings is 3. The van der Waals surface area contributed by atoms with Gasteiger partial charge in [0.15, 0.2) is 0 Å². The number of rotatable bonds is 4. The van der Waals surface area contributed by atoms with Crippen molar-refractivity contribution >= 4 is 13.8 Å². The molecule has 0 aliphatic carbocycles. The lowest BCUT2D eigenvalue weighted by atomic mass is 10.0. The molecule has 1 fully saturated rings. The molecule has 8 heteroatoms. The zero-order valence-electron chi connectivity index (χ0n) is 28.1. The van der Waals surface area contributed by atoms with Gasteiger partial charge in [-0.1, -0.05) is 61.8 Å². The summed E-state index contributed by atoms with van der Waals surface area (Å²) >= 11 is 0. The molecule has 0 aromatic heterocycles. The van der Waals surface area contributed by atoms with E-state index in [1.807, 2.05) is 24.3 Å². The third-order valence-corrected chi connectivity index (χ3v) is 8.52. The predicted molar refractivity (Wildman–Crippen MR) is 192 cm³/mol. The molecule has 3 aromatic rings. The number of anilines is 1. The molecule has 1 aliphatic rings. The van der Waals surface area contributed by atoms with Gasteiger partial charge in [0.25, 0.3) is 0 Å². The highest BCUT2D eigenvalue weighted by molar-refractivity contribution is 6.83. The Labute approximate surface area is 282 Å². The molecular weight excluding hydrogens is 603 g/mol. The van der Waals surface area contributed by atoms with Crippen LogP contribution in [0, 0.1) is 35.1 Å². The maximum atomic E-state index is 9.08. The van der Waals surface area contributed by atoms with E-state index in [0.29, 0.717) is 71.5 Å². The van der Waals surface area contributed by atoms with Gasteiger partial charge < -0.3 is 23.8 Å². The SMILES string of the molecule is C#Cc1cc(-c2ccc(C#C[Si](C)(C)C)cc2)ccc1N1CCOCCOCCN(Cc2ccc(C#N)cc2)CCOCCOCC1. The summed E-state index contributed by atoms with van der Waals surface area (Å²) in [5.41, 5.74) is 10.3. The summed E-state index contributed by atoms with van der Waals surface area (Å²) in [4.78, 5) is 4.54. The quantitative estimate of drug-likeness (QED) is 0.261. The number of nitriles is 1. The first-order valence-corrected chi connectivity index (χ1v) is 19.9. The molecule has 1 saturated heterocycles. The van der Waals surface area contributed by atoms with E-state index in [4.69, 9.17) is 30.6 Å². The van der Waals surface area contributed by atoms with Crippen molar-refractivity contribution in [1.29, 1.82) is 5.26 Å². The Morgan fingerprint density at radius 3 is 1.74 bits per heavy atom. The molecule has 0 radical (unpaired) electrons. The first-order valence-electron chi connectivity index (χ1n) is 16.4. The lowest BCUT2D eigenvalue weighted by Crippen LogP contribution is -2.33. The minimum absolute atomic E-state index is 0.516. The molecule has 4 rings (SSSR count). The standard InChI is InChI=1S/C39H47N3O4Si/c1-5-36-30-38(37-12-10-33(11-13-37)16-29-47(2,3)4)14-15-39(36)42-19-23-45-27-25-43-21-17-41(18-22-44-26-28-46-24-20-42)32-35-8-6-34(31-40)7-9-35/h1,6-15,30H,17-28,32H2,2-4H3. The Balaban J connectivity index is 1.34. The largest absolute Gasteiger partial charge is 0.378 e. The van der Waals surface area contributed by atoms with E-state index in [2.05, 4.69) is 95.4 Å². The fourth-order valence-electron chi connectivity index (χ4n) is 5.06. The van der Waals surface area contributed by atoms with Crippen molar-refractivity contribution in [1.82, 2.24) is 4.90 Å². The Hall–Kier alpha value is -3.91. The van der Waals surface area contributed by atoms with Crippen LogP contribution in [0.15, 0.2) is 66.7 Å². The predicted octanol–water partition coefficient (Wildman–Crippen LogP) is 5.82. The molecule has 246 valence electrons. The highest BCUT2D eigenvalue weighted by atomic mass is 28.3. The monoisotopic (exact) mass is 649 g/mol. The first kappa shape index (κ1) is 35.9. The highest BCUT2D eigenvalue weighted by Gasteiger charge is 2.14. The summed E-state index contributed by atoms with van der Waals surface area (Å²) in [6.07, 6.45) is 6.04. The van der Waals surface area contributed by atoms with Gasteiger partial charge in [-0.15, -0.1) is 12.0 Å². The minimum atomic E-state index is -1.43. The van der Waals surface area contributed by atoms with Crippen molar-refractivity contribution in [2.24, 2.45) is 0 Å². The van der Waals surface area contributed by atoms with Crippen LogP contribution >= 0.6 is 0 Å². The zero-order valence-corrected chi connectivity index (χ0v) is 29.1. The van der Waals surface area contributed by atoms with Gasteiger partial charge >= 0.3 is 0 Å². The maximum Gasteiger partial charge on any atom is 0.129 e. The van der Waals surface area contributed by atoms with Crippen molar-refractivity contribution in [3.8, 4) is 41.0 Å². The van der Waals surface area contributed by atoms with E-state index >= 15 is 0 Å². The Morgan fingerprint density at radius 1 is 0.681 bits per heavy atom. The van der Waals surface area contributed by atoms with Gasteiger partial charge in [-0.05, 0) is 53.1 Å². The normalized spacial score (nSPS) is 16.5. The van der Waals surface area contributed by atoms with E-state index in [9.17, 15) is 0 Å². The third kappa shape index (κ3) is 12.7. The van der Waals surface area contributed by atoms with Gasteiger partial charge in [-0.2, -0.15) is 5.26 Å². The summed E-state index contributed by atoms with van der Waals surface area (Å²) in [6, 6.07) is 24.6. The zero-order chi connectivity index (χ0) is 33.3. The molecule has 3 aromatic carbocycles. The average molecular weight is 650 g/mol. The smallest absolute Gasteiger partial charge is 0.129 e. The first-order chi connectivity index (χ1) is 22.8. The number of nitrogens with zero attached hydrogens (tertiary/aromatic N) is 3. The number of terminal acetylenes is 1. The molecule has 1 aliphatic heterocycles. The summed E-state index contributed by atoms with van der Waals surface area (Å²) < 4.78 is 23.7. The van der Waals surface area contributed by atoms with Crippen LogP contribution in [0.3, 0.4) is 0 Å². The van der Waals surface area contributed by atoms with E-state index in [0.717, 1.165) is 53.1 Å². The molecule has 7 nitrogen and oxygen atoms in total. The summed E-state index contributed by atoms with van der Waals surface area (Å²) in [7, 11) is -1.43. The van der Waals surface area contributed by atoms with Gasteiger partial charge in [0, 0.05) is 43.9 Å². The fraction of sp³-hybridized carbons (Fsp3) is 0.410. The van der Waals surface area contributed by atoms with Gasteiger partial charge in [-0.25, -0.2) is 0 Å². The van der Waals surface area contributed by atoms with Crippen LogP contribution in [-0.2, 0) is 25.5 Å². The van der Waals surface area contributed by atoms with Crippen LogP contribution in [0.25, 0.3) is 11.1 Å².